The first-order chi connectivity index (χ1) is 12.5. The van der Waals surface area contributed by atoms with Crippen LogP contribution in [0.1, 0.15) is 16.8 Å². The second-order valence-electron chi connectivity index (χ2n) is 6.61. The Morgan fingerprint density at radius 1 is 1.19 bits per heavy atom. The molecule has 0 saturated carbocycles. The molecule has 4 rings (SSSR count). The molecule has 0 aliphatic carbocycles. The van der Waals surface area contributed by atoms with Gasteiger partial charge in [0.1, 0.15) is 4.75 Å². The molecular weight excluding hydrogens is 356 g/mol. The molecule has 0 radical (unpaired) electrons. The fourth-order valence-corrected chi connectivity index (χ4v) is 6.06. The molecule has 1 amide bonds. The summed E-state index contributed by atoms with van der Waals surface area (Å²) in [5.74, 6) is -0.238. The normalized spacial score (nSPS) is 22.8. The number of ether oxygens (including phenoxy) is 1. The molecule has 8 nitrogen and oxygen atoms in total. The quantitative estimate of drug-likeness (QED) is 0.771. The van der Waals surface area contributed by atoms with Gasteiger partial charge in [0.2, 0.25) is 0 Å². The van der Waals surface area contributed by atoms with Crippen molar-refractivity contribution in [2.45, 2.75) is 11.2 Å². The predicted octanol–water partition coefficient (Wildman–Crippen LogP) is 0.580. The number of hydrogen-bond acceptors (Lipinski definition) is 7. The number of amides is 1. The number of aromatic nitrogens is 3. The van der Waals surface area contributed by atoms with Gasteiger partial charge in [0.05, 0.1) is 12.4 Å². The van der Waals surface area contributed by atoms with Crippen molar-refractivity contribution < 1.29 is 17.9 Å². The first-order valence-electron chi connectivity index (χ1n) is 8.33. The second-order valence-corrected chi connectivity index (χ2v) is 9.06. The minimum absolute atomic E-state index is 0.119. The highest BCUT2D eigenvalue weighted by Gasteiger charge is 2.62. The smallest absolute Gasteiger partial charge is 0.316 e. The van der Waals surface area contributed by atoms with Gasteiger partial charge in [-0.25, -0.2) is 18.4 Å². The minimum atomic E-state index is -3.28. The third-order valence-corrected chi connectivity index (χ3v) is 7.79. The standard InChI is InChI=1S/C17H18N4O4S/c22-15(13-2-7-18-8-3-13)21-11-17(12-21)14(4-9-26(17,23)24)10-25-16-19-5-1-6-20-16/h1-3,5-8,14H,4,9-12H2. The molecule has 9 heteroatoms. The van der Waals surface area contributed by atoms with E-state index in [2.05, 4.69) is 15.0 Å². The van der Waals surface area contributed by atoms with E-state index >= 15 is 0 Å². The first-order valence-corrected chi connectivity index (χ1v) is 9.98. The number of sulfone groups is 1. The van der Waals surface area contributed by atoms with Gasteiger partial charge in [-0.15, -0.1) is 0 Å². The highest BCUT2D eigenvalue weighted by Crippen LogP contribution is 2.45. The van der Waals surface area contributed by atoms with Crippen molar-refractivity contribution in [2.75, 3.05) is 25.4 Å². The number of carbonyl (C=O) groups is 1. The third kappa shape index (κ3) is 2.72. The third-order valence-electron chi connectivity index (χ3n) is 5.19. The Labute approximate surface area is 151 Å². The van der Waals surface area contributed by atoms with Crippen molar-refractivity contribution >= 4 is 15.7 Å². The number of likely N-dealkylation sites (tertiary alicyclic amines) is 1. The van der Waals surface area contributed by atoms with E-state index in [1.54, 1.807) is 47.9 Å². The van der Waals surface area contributed by atoms with Gasteiger partial charge in [-0.3, -0.25) is 9.78 Å². The zero-order chi connectivity index (χ0) is 18.2. The summed E-state index contributed by atoms with van der Waals surface area (Å²) in [5, 5.41) is 0. The maximum Gasteiger partial charge on any atom is 0.316 e. The van der Waals surface area contributed by atoms with Gasteiger partial charge < -0.3 is 9.64 Å². The number of carbonyl (C=O) groups excluding carboxylic acids is 1. The molecule has 2 saturated heterocycles. The molecule has 2 fully saturated rings. The molecule has 1 unspecified atom stereocenters. The second kappa shape index (κ2) is 6.31. The Morgan fingerprint density at radius 2 is 1.88 bits per heavy atom. The zero-order valence-corrected chi connectivity index (χ0v) is 14.8. The van der Waals surface area contributed by atoms with Crippen molar-refractivity contribution in [3.63, 3.8) is 0 Å². The lowest BCUT2D eigenvalue weighted by molar-refractivity contribution is 0.0403. The van der Waals surface area contributed by atoms with Crippen molar-refractivity contribution in [1.29, 1.82) is 0 Å². The summed E-state index contributed by atoms with van der Waals surface area (Å²) in [6.45, 7) is 0.612. The Hall–Kier alpha value is -2.55. The molecule has 2 aliphatic rings. The molecule has 4 heterocycles. The Kier molecular flexibility index (Phi) is 4.10. The summed E-state index contributed by atoms with van der Waals surface area (Å²) in [6, 6.07) is 5.17. The molecule has 1 atom stereocenters. The van der Waals surface area contributed by atoms with Gasteiger partial charge in [-0.2, -0.15) is 0 Å². The van der Waals surface area contributed by atoms with Crippen LogP contribution in [-0.4, -0.2) is 64.4 Å². The van der Waals surface area contributed by atoms with Gasteiger partial charge in [-0.1, -0.05) is 0 Å². The maximum atomic E-state index is 12.7. The molecule has 0 bridgehead atoms. The molecule has 2 aromatic heterocycles. The zero-order valence-electron chi connectivity index (χ0n) is 14.0. The summed E-state index contributed by atoms with van der Waals surface area (Å²) in [6.07, 6.45) is 6.76. The fraction of sp³-hybridized carbons (Fsp3) is 0.412. The van der Waals surface area contributed by atoms with Crippen LogP contribution < -0.4 is 4.74 Å². The topological polar surface area (TPSA) is 102 Å². The van der Waals surface area contributed by atoms with Gasteiger partial charge in [-0.05, 0) is 24.6 Å². The Bertz CT molecular complexity index is 899. The van der Waals surface area contributed by atoms with E-state index in [-0.39, 0.29) is 43.3 Å². The van der Waals surface area contributed by atoms with Crippen LogP contribution in [0.5, 0.6) is 6.01 Å². The minimum Gasteiger partial charge on any atom is -0.463 e. The molecule has 2 aliphatic heterocycles. The summed E-state index contributed by atoms with van der Waals surface area (Å²) in [4.78, 5) is 26.0. The predicted molar refractivity (Wildman–Crippen MR) is 92.3 cm³/mol. The van der Waals surface area contributed by atoms with Crippen LogP contribution in [-0.2, 0) is 9.84 Å². The average molecular weight is 374 g/mol. The average Bonchev–Trinajstić information content (AvgIpc) is 2.90. The number of hydrogen-bond donors (Lipinski definition) is 0. The summed E-state index contributed by atoms with van der Waals surface area (Å²) >= 11 is 0. The molecule has 2 aromatic rings. The Morgan fingerprint density at radius 3 is 2.58 bits per heavy atom. The van der Waals surface area contributed by atoms with Gasteiger partial charge in [0, 0.05) is 49.4 Å². The molecule has 1 spiro atoms. The lowest BCUT2D eigenvalue weighted by Gasteiger charge is -2.49. The lowest BCUT2D eigenvalue weighted by Crippen LogP contribution is -2.68. The highest BCUT2D eigenvalue weighted by atomic mass is 32.2. The molecule has 0 aromatic carbocycles. The largest absolute Gasteiger partial charge is 0.463 e. The van der Waals surface area contributed by atoms with E-state index in [9.17, 15) is 13.2 Å². The summed E-state index contributed by atoms with van der Waals surface area (Å²) in [7, 11) is -3.28. The SMILES string of the molecule is O=C(c1ccncc1)N1CC2(C1)C(COc1ncccn1)CCS2(=O)=O. The molecular formula is C17H18N4O4S. The molecule has 136 valence electrons. The van der Waals surface area contributed by atoms with Crippen LogP contribution >= 0.6 is 0 Å². The molecule has 26 heavy (non-hydrogen) atoms. The van der Waals surface area contributed by atoms with Crippen LogP contribution in [0.25, 0.3) is 0 Å². The van der Waals surface area contributed by atoms with Crippen LogP contribution in [0.15, 0.2) is 43.0 Å². The summed E-state index contributed by atoms with van der Waals surface area (Å²) in [5.41, 5.74) is 0.510. The monoisotopic (exact) mass is 374 g/mol. The number of pyridine rings is 1. The van der Waals surface area contributed by atoms with E-state index in [1.807, 2.05) is 0 Å². The number of rotatable bonds is 4. The van der Waals surface area contributed by atoms with Crippen molar-refractivity contribution in [2.24, 2.45) is 5.92 Å². The van der Waals surface area contributed by atoms with E-state index in [0.29, 0.717) is 12.0 Å². The van der Waals surface area contributed by atoms with E-state index < -0.39 is 14.6 Å². The van der Waals surface area contributed by atoms with Gasteiger partial charge in [0.25, 0.3) is 5.91 Å². The highest BCUT2D eigenvalue weighted by molar-refractivity contribution is 7.93. The molecule has 0 N–H and O–H groups in total. The number of nitrogens with zero attached hydrogens (tertiary/aromatic N) is 4. The van der Waals surface area contributed by atoms with Gasteiger partial charge >= 0.3 is 6.01 Å². The van der Waals surface area contributed by atoms with Crippen molar-refractivity contribution in [1.82, 2.24) is 19.9 Å². The van der Waals surface area contributed by atoms with E-state index in [4.69, 9.17) is 4.74 Å². The van der Waals surface area contributed by atoms with E-state index in [0.717, 1.165) is 0 Å². The van der Waals surface area contributed by atoms with Crippen LogP contribution in [0.2, 0.25) is 0 Å². The first kappa shape index (κ1) is 16.9. The van der Waals surface area contributed by atoms with Crippen molar-refractivity contribution in [3.8, 4) is 6.01 Å². The fourth-order valence-electron chi connectivity index (χ4n) is 3.66. The van der Waals surface area contributed by atoms with Crippen LogP contribution in [0, 0.1) is 5.92 Å². The van der Waals surface area contributed by atoms with Crippen LogP contribution in [0.4, 0.5) is 0 Å². The summed E-state index contributed by atoms with van der Waals surface area (Å²) < 4.78 is 30.0. The van der Waals surface area contributed by atoms with Crippen molar-refractivity contribution in [3.05, 3.63) is 48.5 Å². The van der Waals surface area contributed by atoms with E-state index in [1.165, 1.54) is 0 Å². The Balaban J connectivity index is 1.47. The maximum absolute atomic E-state index is 12.7. The van der Waals surface area contributed by atoms with Crippen LogP contribution in [0.3, 0.4) is 0 Å². The van der Waals surface area contributed by atoms with Gasteiger partial charge in [0.15, 0.2) is 9.84 Å². The lowest BCUT2D eigenvalue weighted by atomic mass is 9.83.